The first-order valence-corrected chi connectivity index (χ1v) is 9.18. The van der Waals surface area contributed by atoms with Gasteiger partial charge < -0.3 is 14.5 Å². The fourth-order valence-electron chi connectivity index (χ4n) is 3.29. The van der Waals surface area contributed by atoms with Gasteiger partial charge in [-0.25, -0.2) is 0 Å². The van der Waals surface area contributed by atoms with E-state index in [1.807, 2.05) is 46.2 Å². The van der Waals surface area contributed by atoms with E-state index in [0.717, 1.165) is 32.2 Å². The minimum atomic E-state index is -0.0294. The van der Waals surface area contributed by atoms with E-state index in [9.17, 15) is 9.59 Å². The molecule has 0 spiro atoms. The van der Waals surface area contributed by atoms with Gasteiger partial charge >= 0.3 is 0 Å². The standard InChI is InChI=1S/C20H26N2O3/c23-19(11-10-17-7-2-1-3-8-17)21-12-6-13-22(15-14-21)20(24)18-9-4-5-16-25-18/h1-3,7-9H,4-6,10-16H2. The molecule has 0 saturated carbocycles. The van der Waals surface area contributed by atoms with Gasteiger partial charge in [0.15, 0.2) is 5.76 Å². The van der Waals surface area contributed by atoms with E-state index in [4.69, 9.17) is 4.74 Å². The number of aryl methyl sites for hydroxylation is 1. The molecule has 0 atom stereocenters. The van der Waals surface area contributed by atoms with Gasteiger partial charge in [0.05, 0.1) is 6.61 Å². The van der Waals surface area contributed by atoms with E-state index in [0.29, 0.717) is 38.4 Å². The highest BCUT2D eigenvalue weighted by atomic mass is 16.5. The molecule has 0 N–H and O–H groups in total. The van der Waals surface area contributed by atoms with E-state index < -0.39 is 0 Å². The van der Waals surface area contributed by atoms with Crippen LogP contribution in [0.15, 0.2) is 42.2 Å². The summed E-state index contributed by atoms with van der Waals surface area (Å²) >= 11 is 0. The summed E-state index contributed by atoms with van der Waals surface area (Å²) in [6, 6.07) is 10.1. The minimum Gasteiger partial charge on any atom is -0.488 e. The summed E-state index contributed by atoms with van der Waals surface area (Å²) in [7, 11) is 0. The third-order valence-electron chi connectivity index (χ3n) is 4.75. The van der Waals surface area contributed by atoms with Gasteiger partial charge in [0.25, 0.3) is 5.91 Å². The first-order valence-electron chi connectivity index (χ1n) is 9.18. The van der Waals surface area contributed by atoms with Crippen LogP contribution in [0.3, 0.4) is 0 Å². The molecular weight excluding hydrogens is 316 g/mol. The van der Waals surface area contributed by atoms with Crippen molar-refractivity contribution in [2.75, 3.05) is 32.8 Å². The van der Waals surface area contributed by atoms with Crippen molar-refractivity contribution in [2.45, 2.75) is 32.1 Å². The quantitative estimate of drug-likeness (QED) is 0.844. The monoisotopic (exact) mass is 342 g/mol. The molecule has 1 fully saturated rings. The Hall–Kier alpha value is -2.30. The number of rotatable bonds is 4. The van der Waals surface area contributed by atoms with Crippen molar-refractivity contribution in [3.8, 4) is 0 Å². The van der Waals surface area contributed by atoms with Gasteiger partial charge in [-0.05, 0) is 37.3 Å². The molecule has 2 aliphatic rings. The second-order valence-corrected chi connectivity index (χ2v) is 6.57. The van der Waals surface area contributed by atoms with Crippen molar-refractivity contribution in [1.29, 1.82) is 0 Å². The van der Waals surface area contributed by atoms with Gasteiger partial charge in [-0.15, -0.1) is 0 Å². The third-order valence-corrected chi connectivity index (χ3v) is 4.75. The Morgan fingerprint density at radius 2 is 1.72 bits per heavy atom. The molecule has 1 aromatic rings. The summed E-state index contributed by atoms with van der Waals surface area (Å²) in [6.07, 6.45) is 5.86. The molecule has 0 unspecified atom stereocenters. The Labute approximate surface area is 149 Å². The zero-order valence-corrected chi connectivity index (χ0v) is 14.7. The first kappa shape index (κ1) is 17.5. The molecule has 1 saturated heterocycles. The van der Waals surface area contributed by atoms with Crippen LogP contribution in [0.1, 0.15) is 31.2 Å². The summed E-state index contributed by atoms with van der Waals surface area (Å²) in [4.78, 5) is 28.7. The van der Waals surface area contributed by atoms with E-state index in [-0.39, 0.29) is 11.8 Å². The van der Waals surface area contributed by atoms with Crippen molar-refractivity contribution in [3.63, 3.8) is 0 Å². The lowest BCUT2D eigenvalue weighted by molar-refractivity contribution is -0.133. The summed E-state index contributed by atoms with van der Waals surface area (Å²) in [5, 5.41) is 0. The highest BCUT2D eigenvalue weighted by Crippen LogP contribution is 2.15. The summed E-state index contributed by atoms with van der Waals surface area (Å²) < 4.78 is 5.48. The van der Waals surface area contributed by atoms with E-state index in [1.54, 1.807) is 0 Å². The predicted molar refractivity (Wildman–Crippen MR) is 95.8 cm³/mol. The molecule has 3 rings (SSSR count). The van der Waals surface area contributed by atoms with Gasteiger partial charge in [-0.2, -0.15) is 0 Å². The number of allylic oxidation sites excluding steroid dienone is 1. The minimum absolute atomic E-state index is 0.0294. The van der Waals surface area contributed by atoms with Gasteiger partial charge in [0.1, 0.15) is 0 Å². The fraction of sp³-hybridized carbons (Fsp3) is 0.500. The highest BCUT2D eigenvalue weighted by Gasteiger charge is 2.25. The summed E-state index contributed by atoms with van der Waals surface area (Å²) in [5.41, 5.74) is 1.18. The normalized spacial score (nSPS) is 18.2. The molecule has 0 aromatic heterocycles. The molecule has 1 aromatic carbocycles. The van der Waals surface area contributed by atoms with Crippen LogP contribution >= 0.6 is 0 Å². The SMILES string of the molecule is O=C(CCc1ccccc1)N1CCCN(C(=O)C2=CCCCO2)CC1. The van der Waals surface area contributed by atoms with Crippen molar-refractivity contribution >= 4 is 11.8 Å². The maximum absolute atomic E-state index is 12.5. The van der Waals surface area contributed by atoms with Crippen LogP contribution < -0.4 is 0 Å². The second kappa shape index (κ2) is 8.70. The van der Waals surface area contributed by atoms with Crippen molar-refractivity contribution in [2.24, 2.45) is 0 Å². The van der Waals surface area contributed by atoms with Crippen molar-refractivity contribution in [1.82, 2.24) is 9.80 Å². The lowest BCUT2D eigenvalue weighted by atomic mass is 10.1. The molecule has 5 nitrogen and oxygen atoms in total. The van der Waals surface area contributed by atoms with Crippen LogP contribution in [0.25, 0.3) is 0 Å². The fourth-order valence-corrected chi connectivity index (χ4v) is 3.29. The number of nitrogens with zero attached hydrogens (tertiary/aromatic N) is 2. The molecule has 0 aliphatic carbocycles. The molecule has 2 heterocycles. The molecule has 2 aliphatic heterocycles. The first-order chi connectivity index (χ1) is 12.2. The highest BCUT2D eigenvalue weighted by molar-refractivity contribution is 5.91. The number of amides is 2. The Morgan fingerprint density at radius 1 is 0.960 bits per heavy atom. The zero-order valence-electron chi connectivity index (χ0n) is 14.7. The van der Waals surface area contributed by atoms with Crippen LogP contribution in [0.5, 0.6) is 0 Å². The predicted octanol–water partition coefficient (Wildman–Crippen LogP) is 2.37. The maximum atomic E-state index is 12.5. The van der Waals surface area contributed by atoms with E-state index in [1.165, 1.54) is 5.56 Å². The molecule has 25 heavy (non-hydrogen) atoms. The van der Waals surface area contributed by atoms with Crippen LogP contribution in [0, 0.1) is 0 Å². The molecule has 0 bridgehead atoms. The van der Waals surface area contributed by atoms with Gasteiger partial charge in [0, 0.05) is 32.6 Å². The zero-order chi connectivity index (χ0) is 17.5. The molecule has 134 valence electrons. The van der Waals surface area contributed by atoms with Crippen molar-refractivity contribution in [3.05, 3.63) is 47.7 Å². The average Bonchev–Trinajstić information content (AvgIpc) is 2.93. The number of benzene rings is 1. The lowest BCUT2D eigenvalue weighted by Crippen LogP contribution is -2.38. The number of hydrogen-bond donors (Lipinski definition) is 0. The summed E-state index contributed by atoms with van der Waals surface area (Å²) in [6.45, 7) is 3.21. The number of carbonyl (C=O) groups excluding carboxylic acids is 2. The molecule has 5 heteroatoms. The van der Waals surface area contributed by atoms with Crippen LogP contribution in [0.2, 0.25) is 0 Å². The average molecular weight is 342 g/mol. The smallest absolute Gasteiger partial charge is 0.288 e. The second-order valence-electron chi connectivity index (χ2n) is 6.57. The van der Waals surface area contributed by atoms with E-state index >= 15 is 0 Å². The van der Waals surface area contributed by atoms with Gasteiger partial charge in [0.2, 0.25) is 5.91 Å². The molecular formula is C20H26N2O3. The Kier molecular flexibility index (Phi) is 6.09. The van der Waals surface area contributed by atoms with Crippen LogP contribution in [-0.2, 0) is 20.7 Å². The third kappa shape index (κ3) is 4.84. The van der Waals surface area contributed by atoms with Crippen molar-refractivity contribution < 1.29 is 14.3 Å². The largest absolute Gasteiger partial charge is 0.488 e. The maximum Gasteiger partial charge on any atom is 0.288 e. The Morgan fingerprint density at radius 3 is 2.48 bits per heavy atom. The van der Waals surface area contributed by atoms with Crippen LogP contribution in [0.4, 0.5) is 0 Å². The Balaban J connectivity index is 1.50. The van der Waals surface area contributed by atoms with E-state index in [2.05, 4.69) is 0 Å². The van der Waals surface area contributed by atoms with Crippen LogP contribution in [-0.4, -0.2) is 54.4 Å². The molecule has 2 amide bonds. The van der Waals surface area contributed by atoms with Gasteiger partial charge in [-0.3, -0.25) is 9.59 Å². The lowest BCUT2D eigenvalue weighted by Gasteiger charge is -2.24. The van der Waals surface area contributed by atoms with Gasteiger partial charge in [-0.1, -0.05) is 30.3 Å². The number of carbonyl (C=O) groups is 2. The summed E-state index contributed by atoms with van der Waals surface area (Å²) in [5.74, 6) is 0.625. The topological polar surface area (TPSA) is 49.9 Å². The number of ether oxygens (including phenoxy) is 1. The number of hydrogen-bond acceptors (Lipinski definition) is 3. The Bertz CT molecular complexity index is 627. The molecule has 0 radical (unpaired) electrons.